The molecule has 2 aromatic rings. The topological polar surface area (TPSA) is 38.3 Å². The lowest BCUT2D eigenvalue weighted by atomic mass is 10.2. The van der Waals surface area contributed by atoms with Crippen molar-refractivity contribution < 1.29 is 9.53 Å². The van der Waals surface area contributed by atoms with Gasteiger partial charge in [0.1, 0.15) is 5.75 Å². The summed E-state index contributed by atoms with van der Waals surface area (Å²) in [6, 6.07) is 7.45. The molecule has 1 aromatic carbocycles. The molecule has 2 rings (SSSR count). The Morgan fingerprint density at radius 3 is 2.79 bits per heavy atom. The summed E-state index contributed by atoms with van der Waals surface area (Å²) >= 11 is 4.84. The van der Waals surface area contributed by atoms with Crippen LogP contribution in [0.2, 0.25) is 0 Å². The standard InChI is InChI=1S/C14H14BrNO2S/c1-3-18-11-4-5-12(9(2)6-11)16-14(17)10-7-13(15)19-8-10/h4-8H,3H2,1-2H3,(H,16,17). The SMILES string of the molecule is CCOc1ccc(NC(=O)c2csc(Br)c2)c(C)c1. The van der Waals surface area contributed by atoms with Crippen molar-refractivity contribution in [2.45, 2.75) is 13.8 Å². The molecule has 1 aromatic heterocycles. The minimum absolute atomic E-state index is 0.103. The van der Waals surface area contributed by atoms with E-state index in [9.17, 15) is 4.79 Å². The lowest BCUT2D eigenvalue weighted by Crippen LogP contribution is -2.11. The molecule has 0 saturated carbocycles. The summed E-state index contributed by atoms with van der Waals surface area (Å²) in [6.45, 7) is 4.52. The summed E-state index contributed by atoms with van der Waals surface area (Å²) < 4.78 is 6.36. The first-order chi connectivity index (χ1) is 9.10. The van der Waals surface area contributed by atoms with Gasteiger partial charge in [-0.2, -0.15) is 0 Å². The van der Waals surface area contributed by atoms with Crippen molar-refractivity contribution >= 4 is 38.9 Å². The zero-order chi connectivity index (χ0) is 13.8. The number of ether oxygens (including phenoxy) is 1. The van der Waals surface area contributed by atoms with Gasteiger partial charge in [0, 0.05) is 11.1 Å². The Hall–Kier alpha value is -1.33. The molecular formula is C14H14BrNO2S. The molecule has 0 saturated heterocycles. The van der Waals surface area contributed by atoms with Crippen molar-refractivity contribution in [3.63, 3.8) is 0 Å². The number of rotatable bonds is 4. The monoisotopic (exact) mass is 339 g/mol. The molecule has 0 radical (unpaired) electrons. The average Bonchev–Trinajstić information content (AvgIpc) is 2.80. The van der Waals surface area contributed by atoms with Gasteiger partial charge in [0.25, 0.3) is 5.91 Å². The molecule has 100 valence electrons. The average molecular weight is 340 g/mol. The van der Waals surface area contributed by atoms with Gasteiger partial charge in [0.2, 0.25) is 0 Å². The molecule has 1 heterocycles. The van der Waals surface area contributed by atoms with E-state index in [0.29, 0.717) is 12.2 Å². The van der Waals surface area contributed by atoms with Crippen molar-refractivity contribution in [3.8, 4) is 5.75 Å². The third-order valence-electron chi connectivity index (χ3n) is 2.59. The van der Waals surface area contributed by atoms with Gasteiger partial charge in [-0.1, -0.05) is 0 Å². The zero-order valence-corrected chi connectivity index (χ0v) is 13.1. The smallest absolute Gasteiger partial charge is 0.256 e. The molecule has 5 heteroatoms. The molecule has 1 amide bonds. The summed E-state index contributed by atoms with van der Waals surface area (Å²) in [4.78, 5) is 12.0. The van der Waals surface area contributed by atoms with Crippen LogP contribution >= 0.6 is 27.3 Å². The van der Waals surface area contributed by atoms with Gasteiger partial charge in [-0.25, -0.2) is 0 Å². The highest BCUT2D eigenvalue weighted by Crippen LogP contribution is 2.24. The van der Waals surface area contributed by atoms with Crippen LogP contribution in [0.4, 0.5) is 5.69 Å². The first-order valence-electron chi connectivity index (χ1n) is 5.89. The van der Waals surface area contributed by atoms with Crippen LogP contribution in [-0.4, -0.2) is 12.5 Å². The van der Waals surface area contributed by atoms with Gasteiger partial charge in [0.15, 0.2) is 0 Å². The number of anilines is 1. The number of benzene rings is 1. The van der Waals surface area contributed by atoms with E-state index in [4.69, 9.17) is 4.74 Å². The molecule has 0 fully saturated rings. The number of hydrogen-bond donors (Lipinski definition) is 1. The lowest BCUT2D eigenvalue weighted by Gasteiger charge is -2.10. The van der Waals surface area contributed by atoms with E-state index in [1.54, 1.807) is 0 Å². The van der Waals surface area contributed by atoms with Crippen molar-refractivity contribution in [1.82, 2.24) is 0 Å². The maximum atomic E-state index is 12.0. The predicted octanol–water partition coefficient (Wildman–Crippen LogP) is 4.47. The Morgan fingerprint density at radius 2 is 2.21 bits per heavy atom. The van der Waals surface area contributed by atoms with Crippen LogP contribution in [0.1, 0.15) is 22.8 Å². The number of halogens is 1. The second-order valence-corrected chi connectivity index (χ2v) is 6.29. The van der Waals surface area contributed by atoms with Crippen molar-refractivity contribution in [2.24, 2.45) is 0 Å². The second kappa shape index (κ2) is 6.21. The predicted molar refractivity (Wildman–Crippen MR) is 82.3 cm³/mol. The fraction of sp³-hybridized carbons (Fsp3) is 0.214. The lowest BCUT2D eigenvalue weighted by molar-refractivity contribution is 0.102. The van der Waals surface area contributed by atoms with Gasteiger partial charge in [-0.3, -0.25) is 4.79 Å². The van der Waals surface area contributed by atoms with E-state index >= 15 is 0 Å². The largest absolute Gasteiger partial charge is 0.494 e. The third kappa shape index (κ3) is 3.58. The maximum Gasteiger partial charge on any atom is 0.256 e. The van der Waals surface area contributed by atoms with E-state index in [1.165, 1.54) is 11.3 Å². The summed E-state index contributed by atoms with van der Waals surface area (Å²) in [5.41, 5.74) is 2.44. The second-order valence-electron chi connectivity index (χ2n) is 4.00. The fourth-order valence-corrected chi connectivity index (χ4v) is 2.79. The van der Waals surface area contributed by atoms with Gasteiger partial charge in [-0.05, 0) is 59.6 Å². The molecule has 3 nitrogen and oxygen atoms in total. The highest BCUT2D eigenvalue weighted by molar-refractivity contribution is 9.11. The molecule has 0 spiro atoms. The highest BCUT2D eigenvalue weighted by Gasteiger charge is 2.10. The van der Waals surface area contributed by atoms with E-state index in [2.05, 4.69) is 21.2 Å². The van der Waals surface area contributed by atoms with Crippen LogP contribution in [0.3, 0.4) is 0 Å². The van der Waals surface area contributed by atoms with E-state index in [0.717, 1.165) is 20.8 Å². The molecular weight excluding hydrogens is 326 g/mol. The third-order valence-corrected chi connectivity index (χ3v) is 4.09. The van der Waals surface area contributed by atoms with Crippen LogP contribution < -0.4 is 10.1 Å². The zero-order valence-electron chi connectivity index (χ0n) is 10.7. The van der Waals surface area contributed by atoms with Gasteiger partial charge >= 0.3 is 0 Å². The molecule has 0 unspecified atom stereocenters. The first kappa shape index (κ1) is 14.1. The van der Waals surface area contributed by atoms with Crippen molar-refractivity contribution in [2.75, 3.05) is 11.9 Å². The molecule has 0 bridgehead atoms. The van der Waals surface area contributed by atoms with Crippen LogP contribution in [0, 0.1) is 6.92 Å². The summed E-state index contributed by atoms with van der Waals surface area (Å²) in [5, 5.41) is 4.72. The number of amides is 1. The number of carbonyl (C=O) groups is 1. The minimum Gasteiger partial charge on any atom is -0.494 e. The normalized spacial score (nSPS) is 10.3. The fourth-order valence-electron chi connectivity index (χ4n) is 1.66. The molecule has 0 aliphatic heterocycles. The Morgan fingerprint density at radius 1 is 1.42 bits per heavy atom. The van der Waals surface area contributed by atoms with Crippen LogP contribution in [0.25, 0.3) is 0 Å². The summed E-state index contributed by atoms with van der Waals surface area (Å²) in [5.74, 6) is 0.713. The number of hydrogen-bond acceptors (Lipinski definition) is 3. The van der Waals surface area contributed by atoms with Crippen molar-refractivity contribution in [1.29, 1.82) is 0 Å². The molecule has 0 aliphatic carbocycles. The van der Waals surface area contributed by atoms with E-state index in [-0.39, 0.29) is 5.91 Å². The van der Waals surface area contributed by atoms with Crippen LogP contribution in [-0.2, 0) is 0 Å². The summed E-state index contributed by atoms with van der Waals surface area (Å²) in [6.07, 6.45) is 0. The first-order valence-corrected chi connectivity index (χ1v) is 7.56. The van der Waals surface area contributed by atoms with Gasteiger partial charge in [0.05, 0.1) is 16.0 Å². The number of aryl methyl sites for hydroxylation is 1. The Kier molecular flexibility index (Phi) is 4.61. The van der Waals surface area contributed by atoms with Crippen LogP contribution in [0.15, 0.2) is 33.4 Å². The maximum absolute atomic E-state index is 12.0. The molecule has 1 N–H and O–H groups in total. The van der Waals surface area contributed by atoms with E-state index in [1.807, 2.05) is 43.5 Å². The molecule has 19 heavy (non-hydrogen) atoms. The van der Waals surface area contributed by atoms with E-state index < -0.39 is 0 Å². The Balaban J connectivity index is 2.13. The highest BCUT2D eigenvalue weighted by atomic mass is 79.9. The number of carbonyl (C=O) groups excluding carboxylic acids is 1. The van der Waals surface area contributed by atoms with Crippen molar-refractivity contribution in [3.05, 3.63) is 44.6 Å². The Labute approximate surface area is 124 Å². The molecule has 0 aliphatic rings. The Bertz CT molecular complexity index is 595. The summed E-state index contributed by atoms with van der Waals surface area (Å²) in [7, 11) is 0. The minimum atomic E-state index is -0.103. The molecule has 0 atom stereocenters. The number of nitrogens with one attached hydrogen (secondary N) is 1. The van der Waals surface area contributed by atoms with Crippen LogP contribution in [0.5, 0.6) is 5.75 Å². The van der Waals surface area contributed by atoms with Gasteiger partial charge < -0.3 is 10.1 Å². The quantitative estimate of drug-likeness (QED) is 0.892. The number of thiophene rings is 1. The van der Waals surface area contributed by atoms with Gasteiger partial charge in [-0.15, -0.1) is 11.3 Å².